The van der Waals surface area contributed by atoms with Gasteiger partial charge in [0.15, 0.2) is 0 Å². The number of nitrogens with one attached hydrogen (secondary N) is 2. The van der Waals surface area contributed by atoms with Gasteiger partial charge in [0.1, 0.15) is 5.75 Å². The molecule has 122 valence electrons. The van der Waals surface area contributed by atoms with Gasteiger partial charge in [-0.25, -0.2) is 0 Å². The van der Waals surface area contributed by atoms with Crippen LogP contribution in [0.5, 0.6) is 5.75 Å². The molecule has 0 bridgehead atoms. The summed E-state index contributed by atoms with van der Waals surface area (Å²) in [5, 5.41) is 24.1. The van der Waals surface area contributed by atoms with Gasteiger partial charge in [-0.1, -0.05) is 32.9 Å². The first kappa shape index (κ1) is 15.5. The summed E-state index contributed by atoms with van der Waals surface area (Å²) in [6.45, 7) is 6.09. The quantitative estimate of drug-likeness (QED) is 0.743. The van der Waals surface area contributed by atoms with Gasteiger partial charge in [0, 0.05) is 17.9 Å². The highest BCUT2D eigenvalue weighted by Gasteiger charge is 2.28. The third kappa shape index (κ3) is 3.06. The number of amides is 1. The van der Waals surface area contributed by atoms with Crippen molar-refractivity contribution in [3.05, 3.63) is 35.2 Å². The number of rotatable bonds is 2. The van der Waals surface area contributed by atoms with E-state index in [2.05, 4.69) is 20.7 Å². The van der Waals surface area contributed by atoms with Crippen LogP contribution in [0.4, 0.5) is 5.69 Å². The van der Waals surface area contributed by atoms with E-state index in [0.29, 0.717) is 12.1 Å². The number of fused-ring (bicyclic) bond motifs is 1. The van der Waals surface area contributed by atoms with E-state index >= 15 is 0 Å². The van der Waals surface area contributed by atoms with Crippen LogP contribution in [-0.2, 0) is 23.1 Å². The Balaban J connectivity index is 1.77. The number of para-hydroxylation sites is 1. The van der Waals surface area contributed by atoms with Crippen molar-refractivity contribution in [2.45, 2.75) is 45.4 Å². The second-order valence-electron chi connectivity index (χ2n) is 7.10. The smallest absolute Gasteiger partial charge is 0.227 e. The number of hydrogen-bond acceptors (Lipinski definition) is 4. The molecule has 1 heterocycles. The van der Waals surface area contributed by atoms with Crippen molar-refractivity contribution in [3.8, 4) is 5.75 Å². The van der Waals surface area contributed by atoms with Crippen molar-refractivity contribution in [3.63, 3.8) is 0 Å². The maximum Gasteiger partial charge on any atom is 0.227 e. The van der Waals surface area contributed by atoms with Crippen LogP contribution in [0.15, 0.2) is 18.2 Å². The third-order valence-corrected chi connectivity index (χ3v) is 4.35. The number of H-pyrrole nitrogens is 1. The number of phenols is 1. The van der Waals surface area contributed by atoms with Gasteiger partial charge >= 0.3 is 0 Å². The van der Waals surface area contributed by atoms with Crippen LogP contribution in [0.3, 0.4) is 0 Å². The fourth-order valence-corrected chi connectivity index (χ4v) is 2.99. The molecule has 6 nitrogen and oxygen atoms in total. The molecule has 1 aliphatic rings. The summed E-state index contributed by atoms with van der Waals surface area (Å²) in [5.74, 6) is -0.0865. The lowest BCUT2D eigenvalue weighted by molar-refractivity contribution is -0.120. The van der Waals surface area contributed by atoms with Gasteiger partial charge in [-0.05, 0) is 24.3 Å². The van der Waals surface area contributed by atoms with Crippen molar-refractivity contribution >= 4 is 11.6 Å². The molecular formula is C17H22N4O2. The number of aromatic nitrogens is 3. The van der Waals surface area contributed by atoms with Crippen molar-refractivity contribution < 1.29 is 9.90 Å². The van der Waals surface area contributed by atoms with E-state index in [0.717, 1.165) is 29.8 Å². The Bertz CT molecular complexity index is 730. The minimum absolute atomic E-state index is 0.0833. The molecule has 23 heavy (non-hydrogen) atoms. The lowest BCUT2D eigenvalue weighted by Crippen LogP contribution is -2.28. The topological polar surface area (TPSA) is 90.9 Å². The highest BCUT2D eigenvalue weighted by atomic mass is 16.3. The molecule has 3 rings (SSSR count). The Hall–Kier alpha value is -2.37. The van der Waals surface area contributed by atoms with Crippen LogP contribution in [-0.4, -0.2) is 26.4 Å². The fraction of sp³-hybridized carbons (Fsp3) is 0.471. The van der Waals surface area contributed by atoms with Crippen molar-refractivity contribution in [1.29, 1.82) is 0 Å². The van der Waals surface area contributed by atoms with Gasteiger partial charge in [-0.15, -0.1) is 0 Å². The molecule has 1 aromatic carbocycles. The number of nitrogens with zero attached hydrogens (tertiary/aromatic N) is 2. The summed E-state index contributed by atoms with van der Waals surface area (Å²) in [7, 11) is 0. The number of carbonyl (C=O) groups is 1. The lowest BCUT2D eigenvalue weighted by atomic mass is 9.85. The molecule has 6 heteroatoms. The maximum atomic E-state index is 12.5. The number of aromatic hydroxyl groups is 1. The standard InChI is InChI=1S/C17H22N4O2/c1-17(2,3)11-5-4-6-13(15(11)22)18-16(23)10-7-8-12-14(9-10)20-21-19-12/h4-6,10,22H,7-9H2,1-3H3,(H,18,23)(H,19,20,21)/t10-/m1/s1. The SMILES string of the molecule is CC(C)(C)c1cccc(NC(=O)[C@@H]2CCc3n[nH]nc3C2)c1O. The molecule has 2 aromatic rings. The average molecular weight is 314 g/mol. The van der Waals surface area contributed by atoms with Gasteiger partial charge in [0.2, 0.25) is 5.91 Å². The normalized spacial score (nSPS) is 17.6. The molecule has 0 saturated heterocycles. The molecule has 1 aromatic heterocycles. The summed E-state index contributed by atoms with van der Waals surface area (Å²) in [6.07, 6.45) is 2.07. The highest BCUT2D eigenvalue weighted by Crippen LogP contribution is 2.36. The molecule has 0 radical (unpaired) electrons. The largest absolute Gasteiger partial charge is 0.505 e. The minimum atomic E-state index is -0.189. The molecule has 0 fully saturated rings. The van der Waals surface area contributed by atoms with Gasteiger partial charge in [-0.2, -0.15) is 15.4 Å². The van der Waals surface area contributed by atoms with E-state index in [1.807, 2.05) is 32.9 Å². The van der Waals surface area contributed by atoms with E-state index in [1.54, 1.807) is 6.07 Å². The number of phenolic OH excluding ortho intramolecular Hbond substituents is 1. The second kappa shape index (κ2) is 5.68. The monoisotopic (exact) mass is 314 g/mol. The number of aryl methyl sites for hydroxylation is 1. The van der Waals surface area contributed by atoms with Crippen molar-refractivity contribution in [1.82, 2.24) is 15.4 Å². The van der Waals surface area contributed by atoms with Crippen LogP contribution >= 0.6 is 0 Å². The predicted molar refractivity (Wildman–Crippen MR) is 87.3 cm³/mol. The first-order valence-corrected chi connectivity index (χ1v) is 7.88. The average Bonchev–Trinajstić information content (AvgIpc) is 2.95. The van der Waals surface area contributed by atoms with Crippen molar-refractivity contribution in [2.75, 3.05) is 5.32 Å². The predicted octanol–water partition coefficient (Wildman–Crippen LogP) is 2.55. The van der Waals surface area contributed by atoms with E-state index in [1.165, 1.54) is 0 Å². The van der Waals surface area contributed by atoms with Gasteiger partial charge in [0.25, 0.3) is 0 Å². The lowest BCUT2D eigenvalue weighted by Gasteiger charge is -2.23. The summed E-state index contributed by atoms with van der Waals surface area (Å²) in [5.41, 5.74) is 2.91. The highest BCUT2D eigenvalue weighted by molar-refractivity contribution is 5.94. The zero-order valence-electron chi connectivity index (χ0n) is 13.7. The van der Waals surface area contributed by atoms with E-state index in [-0.39, 0.29) is 23.0 Å². The van der Waals surface area contributed by atoms with Gasteiger partial charge < -0.3 is 10.4 Å². The molecule has 3 N–H and O–H groups in total. The van der Waals surface area contributed by atoms with Crippen LogP contribution in [0.25, 0.3) is 0 Å². The summed E-state index contributed by atoms with van der Waals surface area (Å²) < 4.78 is 0. The molecule has 0 unspecified atom stereocenters. The summed E-state index contributed by atoms with van der Waals surface area (Å²) in [4.78, 5) is 12.5. The Morgan fingerprint density at radius 2 is 2.04 bits per heavy atom. The molecular weight excluding hydrogens is 292 g/mol. The first-order chi connectivity index (χ1) is 10.9. The third-order valence-electron chi connectivity index (χ3n) is 4.35. The zero-order chi connectivity index (χ0) is 16.6. The Labute approximate surface area is 135 Å². The molecule has 1 amide bonds. The maximum absolute atomic E-state index is 12.5. The van der Waals surface area contributed by atoms with E-state index in [9.17, 15) is 9.90 Å². The number of carbonyl (C=O) groups excluding carboxylic acids is 1. The van der Waals surface area contributed by atoms with Crippen molar-refractivity contribution in [2.24, 2.45) is 5.92 Å². The summed E-state index contributed by atoms with van der Waals surface area (Å²) >= 11 is 0. The second-order valence-corrected chi connectivity index (χ2v) is 7.10. The Morgan fingerprint density at radius 3 is 2.78 bits per heavy atom. The van der Waals surface area contributed by atoms with E-state index < -0.39 is 0 Å². The number of hydrogen-bond donors (Lipinski definition) is 3. The molecule has 0 saturated carbocycles. The molecule has 1 aliphatic carbocycles. The van der Waals surface area contributed by atoms with Gasteiger partial charge in [-0.3, -0.25) is 4.79 Å². The van der Waals surface area contributed by atoms with Crippen LogP contribution in [0.2, 0.25) is 0 Å². The minimum Gasteiger partial charge on any atom is -0.505 e. The van der Waals surface area contributed by atoms with Crippen LogP contribution in [0.1, 0.15) is 44.1 Å². The number of aromatic amines is 1. The van der Waals surface area contributed by atoms with Crippen LogP contribution < -0.4 is 5.32 Å². The zero-order valence-corrected chi connectivity index (χ0v) is 13.7. The fourth-order valence-electron chi connectivity index (χ4n) is 2.99. The Morgan fingerprint density at radius 1 is 1.30 bits per heavy atom. The number of benzene rings is 1. The molecule has 0 spiro atoms. The molecule has 1 atom stereocenters. The molecule has 0 aliphatic heterocycles. The van der Waals surface area contributed by atoms with E-state index in [4.69, 9.17) is 0 Å². The Kier molecular flexibility index (Phi) is 3.83. The van der Waals surface area contributed by atoms with Gasteiger partial charge in [0.05, 0.1) is 17.1 Å². The first-order valence-electron chi connectivity index (χ1n) is 7.88. The number of anilines is 1. The summed E-state index contributed by atoms with van der Waals surface area (Å²) in [6, 6.07) is 5.46. The van der Waals surface area contributed by atoms with Crippen LogP contribution in [0, 0.1) is 5.92 Å².